The summed E-state index contributed by atoms with van der Waals surface area (Å²) >= 11 is 0. The van der Waals surface area contributed by atoms with Gasteiger partial charge in [-0.15, -0.1) is 0 Å². The molecule has 296 valence electrons. The maximum atomic E-state index is 13.2. The second kappa shape index (κ2) is 20.6. The number of morpholine rings is 2. The number of anilines is 2. The zero-order valence-electron chi connectivity index (χ0n) is 32.1. The van der Waals surface area contributed by atoms with Crippen molar-refractivity contribution in [2.45, 2.75) is 13.1 Å². The molecule has 56 heavy (non-hydrogen) atoms. The Morgan fingerprint density at radius 2 is 1.02 bits per heavy atom. The van der Waals surface area contributed by atoms with E-state index in [-0.39, 0.29) is 24.4 Å². The second-order valence-electron chi connectivity index (χ2n) is 12.8. The second-order valence-corrected chi connectivity index (χ2v) is 12.8. The SMILES string of the molecule is COC(=O)c1ccc(CN(C(=O)N2CCOCC2)c2ccccc2)c(OC)c1.COc1cc(C(=O)CN)ccc1CN(C(=O)N1CCOCC1)c1ccccc1. The van der Waals surface area contributed by atoms with Gasteiger partial charge in [0.25, 0.3) is 0 Å². The van der Waals surface area contributed by atoms with Gasteiger partial charge >= 0.3 is 18.0 Å². The number of nitrogens with zero attached hydrogens (tertiary/aromatic N) is 4. The summed E-state index contributed by atoms with van der Waals surface area (Å²) in [4.78, 5) is 57.1. The highest BCUT2D eigenvalue weighted by Gasteiger charge is 2.27. The van der Waals surface area contributed by atoms with E-state index in [1.165, 1.54) is 14.2 Å². The van der Waals surface area contributed by atoms with Gasteiger partial charge < -0.3 is 39.2 Å². The molecule has 0 spiro atoms. The van der Waals surface area contributed by atoms with Gasteiger partial charge in [-0.2, -0.15) is 0 Å². The van der Waals surface area contributed by atoms with Crippen LogP contribution in [0.3, 0.4) is 0 Å². The minimum atomic E-state index is -0.436. The monoisotopic (exact) mass is 767 g/mol. The maximum absolute atomic E-state index is 13.2. The first-order chi connectivity index (χ1) is 27.3. The van der Waals surface area contributed by atoms with Crippen LogP contribution in [0.5, 0.6) is 11.5 Å². The molecule has 4 aromatic rings. The molecule has 2 fully saturated rings. The topological polar surface area (TPSA) is 153 Å². The largest absolute Gasteiger partial charge is 0.496 e. The third-order valence-corrected chi connectivity index (χ3v) is 9.32. The van der Waals surface area contributed by atoms with Gasteiger partial charge in [0.1, 0.15) is 11.5 Å². The molecule has 2 aliphatic rings. The number of esters is 1. The molecule has 14 nitrogen and oxygen atoms in total. The first kappa shape index (κ1) is 41.2. The summed E-state index contributed by atoms with van der Waals surface area (Å²) in [6.07, 6.45) is 0. The van der Waals surface area contributed by atoms with E-state index >= 15 is 0 Å². The van der Waals surface area contributed by atoms with Crippen molar-refractivity contribution >= 4 is 35.2 Å². The summed E-state index contributed by atoms with van der Waals surface area (Å²) in [6, 6.07) is 29.1. The standard InChI is InChI=1S/C21H25N3O4.C21H24N2O5/c1-27-20-13-16(19(25)14-22)7-8-17(20)15-24(18-5-3-2-4-6-18)21(26)23-9-11-28-12-10-23;1-26-19-14-16(20(24)27-2)8-9-17(19)15-23(18-6-4-3-5-7-18)21(25)22-10-12-28-13-11-22/h2-8,13H,9-12,14-15,22H2,1H3;3-9,14H,10-13,15H2,1-2H3. The number of nitrogens with two attached hydrogens (primary N) is 1. The molecule has 0 aliphatic carbocycles. The highest BCUT2D eigenvalue weighted by Crippen LogP contribution is 2.28. The molecule has 2 saturated heterocycles. The molecular weight excluding hydrogens is 718 g/mol. The van der Waals surface area contributed by atoms with Crippen molar-refractivity contribution in [1.29, 1.82) is 0 Å². The molecule has 6 rings (SSSR count). The fraction of sp³-hybridized carbons (Fsp3) is 0.333. The van der Waals surface area contributed by atoms with Gasteiger partial charge in [0.2, 0.25) is 0 Å². The van der Waals surface area contributed by atoms with Gasteiger partial charge in [-0.25, -0.2) is 14.4 Å². The summed E-state index contributed by atoms with van der Waals surface area (Å²) in [5, 5.41) is 0. The van der Waals surface area contributed by atoms with Crippen LogP contribution in [0.15, 0.2) is 97.1 Å². The third kappa shape index (κ3) is 10.6. The number of hydrogen-bond donors (Lipinski definition) is 1. The van der Waals surface area contributed by atoms with Gasteiger partial charge in [-0.05, 0) is 42.5 Å². The lowest BCUT2D eigenvalue weighted by Crippen LogP contribution is -2.48. The first-order valence-electron chi connectivity index (χ1n) is 18.3. The smallest absolute Gasteiger partial charge is 0.337 e. The number of rotatable bonds is 11. The van der Waals surface area contributed by atoms with Crippen molar-refractivity contribution in [3.05, 3.63) is 119 Å². The van der Waals surface area contributed by atoms with Crippen molar-refractivity contribution in [1.82, 2.24) is 9.80 Å². The number of Topliss-reactive ketones (excluding diaryl/α,β-unsaturated/α-hetero) is 1. The lowest BCUT2D eigenvalue weighted by molar-refractivity contribution is 0.0548. The predicted octanol–water partition coefficient (Wildman–Crippen LogP) is 5.24. The Hall–Kier alpha value is -5.96. The zero-order chi connectivity index (χ0) is 39.9. The molecule has 0 unspecified atom stereocenters. The van der Waals surface area contributed by atoms with E-state index in [9.17, 15) is 19.2 Å². The van der Waals surface area contributed by atoms with Crippen LogP contribution >= 0.6 is 0 Å². The van der Waals surface area contributed by atoms with Crippen molar-refractivity contribution in [2.24, 2.45) is 5.73 Å². The van der Waals surface area contributed by atoms with Gasteiger partial charge in [0, 0.05) is 54.2 Å². The van der Waals surface area contributed by atoms with Crippen molar-refractivity contribution in [2.75, 3.05) is 90.3 Å². The van der Waals surface area contributed by atoms with E-state index in [1.807, 2.05) is 66.7 Å². The number of amides is 4. The van der Waals surface area contributed by atoms with Crippen molar-refractivity contribution in [3.63, 3.8) is 0 Å². The summed E-state index contributed by atoms with van der Waals surface area (Å²) in [5.74, 6) is 0.483. The fourth-order valence-electron chi connectivity index (χ4n) is 6.23. The number of hydrogen-bond acceptors (Lipinski definition) is 10. The average molecular weight is 768 g/mol. The third-order valence-electron chi connectivity index (χ3n) is 9.32. The highest BCUT2D eigenvalue weighted by molar-refractivity contribution is 5.98. The van der Waals surface area contributed by atoms with Crippen LogP contribution in [0.2, 0.25) is 0 Å². The molecule has 0 aromatic heterocycles. The van der Waals surface area contributed by atoms with Crippen LogP contribution < -0.4 is 25.0 Å². The molecule has 2 heterocycles. The minimum Gasteiger partial charge on any atom is -0.496 e. The fourth-order valence-corrected chi connectivity index (χ4v) is 6.23. The Bertz CT molecular complexity index is 1780. The molecule has 0 atom stereocenters. The Morgan fingerprint density at radius 1 is 0.607 bits per heavy atom. The van der Waals surface area contributed by atoms with E-state index in [1.54, 1.807) is 57.0 Å². The van der Waals surface area contributed by atoms with Crippen molar-refractivity contribution in [3.8, 4) is 11.5 Å². The molecule has 14 heteroatoms. The lowest BCUT2D eigenvalue weighted by Gasteiger charge is -2.33. The number of ketones is 1. The number of urea groups is 2. The predicted molar refractivity (Wildman–Crippen MR) is 212 cm³/mol. The number of ether oxygens (including phenoxy) is 5. The van der Waals surface area contributed by atoms with Crippen molar-refractivity contribution < 1.29 is 42.9 Å². The van der Waals surface area contributed by atoms with Gasteiger partial charge in [0.05, 0.1) is 73.0 Å². The molecule has 0 bridgehead atoms. The lowest BCUT2D eigenvalue weighted by atomic mass is 10.1. The van der Waals surface area contributed by atoms with Crippen LogP contribution in [-0.2, 0) is 27.3 Å². The summed E-state index contributed by atoms with van der Waals surface area (Å²) in [7, 11) is 4.42. The highest BCUT2D eigenvalue weighted by atomic mass is 16.5. The first-order valence-corrected chi connectivity index (χ1v) is 18.3. The van der Waals surface area contributed by atoms with Gasteiger partial charge in [-0.1, -0.05) is 54.6 Å². The molecule has 0 radical (unpaired) electrons. The molecule has 4 amide bonds. The van der Waals surface area contributed by atoms with Gasteiger partial charge in [0.15, 0.2) is 5.78 Å². The van der Waals surface area contributed by atoms with Crippen LogP contribution in [0.4, 0.5) is 21.0 Å². The van der Waals surface area contributed by atoms with E-state index < -0.39 is 5.97 Å². The summed E-state index contributed by atoms with van der Waals surface area (Å²) in [6.45, 7) is 4.94. The Kier molecular flexibility index (Phi) is 15.2. The van der Waals surface area contributed by atoms with Crippen LogP contribution in [0, 0.1) is 0 Å². The van der Waals surface area contributed by atoms with Crippen LogP contribution in [0.1, 0.15) is 31.8 Å². The van der Waals surface area contributed by atoms with Crippen LogP contribution in [0.25, 0.3) is 0 Å². The number of carbonyl (C=O) groups excluding carboxylic acids is 4. The van der Waals surface area contributed by atoms with E-state index in [2.05, 4.69) is 0 Å². The maximum Gasteiger partial charge on any atom is 0.337 e. The van der Waals surface area contributed by atoms with E-state index in [0.717, 1.165) is 22.5 Å². The molecule has 2 N–H and O–H groups in total. The quantitative estimate of drug-likeness (QED) is 0.159. The number of carbonyl (C=O) groups is 4. The Balaban J connectivity index is 0.000000214. The van der Waals surface area contributed by atoms with Crippen LogP contribution in [-0.4, -0.2) is 114 Å². The molecule has 0 saturated carbocycles. The number of para-hydroxylation sites is 2. The Morgan fingerprint density at radius 3 is 1.41 bits per heavy atom. The molecule has 2 aliphatic heterocycles. The zero-order valence-corrected chi connectivity index (χ0v) is 32.1. The van der Waals surface area contributed by atoms with E-state index in [4.69, 9.17) is 29.4 Å². The minimum absolute atomic E-state index is 0.0614. The molecular formula is C42H49N5O9. The van der Waals surface area contributed by atoms with E-state index in [0.29, 0.717) is 88.3 Å². The summed E-state index contributed by atoms with van der Waals surface area (Å²) in [5.41, 5.74) is 9.53. The van der Waals surface area contributed by atoms with Gasteiger partial charge in [-0.3, -0.25) is 14.6 Å². The summed E-state index contributed by atoms with van der Waals surface area (Å²) < 4.78 is 26.4. The average Bonchev–Trinajstić information content (AvgIpc) is 3.27. The molecule has 4 aromatic carbocycles. The number of methoxy groups -OCH3 is 3. The number of benzene rings is 4. The normalized spacial score (nSPS) is 13.8. The Labute approximate surface area is 327 Å².